The molecular weight excluding hydrogens is 176 g/mol. The van der Waals surface area contributed by atoms with Crippen molar-refractivity contribution in [1.82, 2.24) is 9.55 Å². The average Bonchev–Trinajstić information content (AvgIpc) is 2.58. The van der Waals surface area contributed by atoms with Gasteiger partial charge in [0.05, 0.1) is 5.69 Å². The van der Waals surface area contributed by atoms with Crippen LogP contribution in [0.1, 0.15) is 10.5 Å². The quantitative estimate of drug-likeness (QED) is 0.543. The van der Waals surface area contributed by atoms with Crippen molar-refractivity contribution in [1.29, 1.82) is 0 Å². The van der Waals surface area contributed by atoms with E-state index >= 15 is 0 Å². The second-order valence-electron chi connectivity index (χ2n) is 3.00. The van der Waals surface area contributed by atoms with Gasteiger partial charge in [-0.15, -0.1) is 6.58 Å². The lowest BCUT2D eigenvalue weighted by Gasteiger charge is -2.01. The first-order valence-electron chi connectivity index (χ1n) is 4.37. The molecular formula is C11H10N2O. The number of pyridine rings is 1. The molecule has 0 saturated carbocycles. The van der Waals surface area contributed by atoms with Gasteiger partial charge in [-0.3, -0.25) is 4.79 Å². The van der Waals surface area contributed by atoms with Crippen LogP contribution >= 0.6 is 0 Å². The van der Waals surface area contributed by atoms with E-state index in [0.29, 0.717) is 12.2 Å². The Morgan fingerprint density at radius 1 is 1.57 bits per heavy atom. The van der Waals surface area contributed by atoms with Gasteiger partial charge < -0.3 is 4.57 Å². The van der Waals surface area contributed by atoms with Gasteiger partial charge in [0, 0.05) is 18.1 Å². The van der Waals surface area contributed by atoms with E-state index in [1.54, 1.807) is 12.3 Å². The highest BCUT2D eigenvalue weighted by Crippen LogP contribution is 2.16. The third-order valence-corrected chi connectivity index (χ3v) is 2.12. The number of allylic oxidation sites excluding steroid dienone is 1. The maximum atomic E-state index is 10.8. The molecule has 0 spiro atoms. The minimum Gasteiger partial charge on any atom is -0.319 e. The maximum absolute atomic E-state index is 10.8. The number of hydrogen-bond donors (Lipinski definition) is 0. The van der Waals surface area contributed by atoms with Crippen LogP contribution in [-0.4, -0.2) is 15.8 Å². The molecule has 70 valence electrons. The summed E-state index contributed by atoms with van der Waals surface area (Å²) in [5.41, 5.74) is 1.47. The molecule has 2 aromatic heterocycles. The van der Waals surface area contributed by atoms with E-state index in [2.05, 4.69) is 11.6 Å². The van der Waals surface area contributed by atoms with E-state index in [1.807, 2.05) is 22.8 Å². The molecule has 0 amide bonds. The van der Waals surface area contributed by atoms with Gasteiger partial charge in [0.1, 0.15) is 5.65 Å². The molecule has 0 aliphatic rings. The number of fused-ring (bicyclic) bond motifs is 1. The summed E-state index contributed by atoms with van der Waals surface area (Å²) in [4.78, 5) is 15.0. The summed E-state index contributed by atoms with van der Waals surface area (Å²) in [6, 6.07) is 5.63. The van der Waals surface area contributed by atoms with Crippen molar-refractivity contribution in [3.8, 4) is 0 Å². The van der Waals surface area contributed by atoms with Gasteiger partial charge in [-0.2, -0.15) is 0 Å². The minimum atomic E-state index is 0.606. The van der Waals surface area contributed by atoms with E-state index in [9.17, 15) is 4.79 Å². The molecule has 0 atom stereocenters. The molecule has 0 aliphatic carbocycles. The summed E-state index contributed by atoms with van der Waals surface area (Å²) >= 11 is 0. The number of rotatable bonds is 3. The molecule has 0 saturated heterocycles. The molecule has 2 rings (SSSR count). The molecule has 14 heavy (non-hydrogen) atoms. The van der Waals surface area contributed by atoms with Crippen LogP contribution in [0.5, 0.6) is 0 Å². The van der Waals surface area contributed by atoms with Crippen LogP contribution in [-0.2, 0) is 6.54 Å². The molecule has 0 unspecified atom stereocenters. The van der Waals surface area contributed by atoms with Gasteiger partial charge in [0.2, 0.25) is 0 Å². The highest BCUT2D eigenvalue weighted by Gasteiger charge is 2.06. The zero-order chi connectivity index (χ0) is 9.97. The van der Waals surface area contributed by atoms with Crippen LogP contribution in [0.4, 0.5) is 0 Å². The molecule has 0 radical (unpaired) electrons. The monoisotopic (exact) mass is 186 g/mol. The minimum absolute atomic E-state index is 0.606. The highest BCUT2D eigenvalue weighted by atomic mass is 16.1. The molecule has 2 aromatic rings. The van der Waals surface area contributed by atoms with E-state index in [0.717, 1.165) is 17.3 Å². The summed E-state index contributed by atoms with van der Waals surface area (Å²) in [6.07, 6.45) is 4.31. The van der Waals surface area contributed by atoms with Gasteiger partial charge in [-0.1, -0.05) is 6.08 Å². The highest BCUT2D eigenvalue weighted by molar-refractivity contribution is 5.86. The number of carbonyl (C=O) groups is 1. The second-order valence-corrected chi connectivity index (χ2v) is 3.00. The standard InChI is InChI=1S/C11H10N2O/c1-2-6-13-10(8-14)7-9-4-3-5-12-11(9)13/h2-5,7-8H,1,6H2. The fourth-order valence-corrected chi connectivity index (χ4v) is 1.53. The zero-order valence-corrected chi connectivity index (χ0v) is 7.68. The first-order valence-corrected chi connectivity index (χ1v) is 4.37. The largest absolute Gasteiger partial charge is 0.319 e. The van der Waals surface area contributed by atoms with E-state index in [4.69, 9.17) is 0 Å². The summed E-state index contributed by atoms with van der Waals surface area (Å²) in [7, 11) is 0. The lowest BCUT2D eigenvalue weighted by atomic mass is 10.3. The van der Waals surface area contributed by atoms with Crippen LogP contribution in [0, 0.1) is 0 Å². The van der Waals surface area contributed by atoms with Crippen molar-refractivity contribution in [2.24, 2.45) is 0 Å². The number of aldehydes is 1. The maximum Gasteiger partial charge on any atom is 0.166 e. The SMILES string of the molecule is C=CCn1c(C=O)cc2cccnc21. The van der Waals surface area contributed by atoms with Gasteiger partial charge >= 0.3 is 0 Å². The first kappa shape index (κ1) is 8.69. The molecule has 2 heterocycles. The molecule has 0 aliphatic heterocycles. The third-order valence-electron chi connectivity index (χ3n) is 2.12. The van der Waals surface area contributed by atoms with Crippen molar-refractivity contribution in [2.75, 3.05) is 0 Å². The van der Waals surface area contributed by atoms with Gasteiger partial charge in [-0.25, -0.2) is 4.98 Å². The summed E-state index contributed by atoms with van der Waals surface area (Å²) in [6.45, 7) is 4.26. The fourth-order valence-electron chi connectivity index (χ4n) is 1.53. The Labute approximate surface area is 81.7 Å². The van der Waals surface area contributed by atoms with Crippen LogP contribution < -0.4 is 0 Å². The van der Waals surface area contributed by atoms with Crippen molar-refractivity contribution < 1.29 is 4.79 Å². The van der Waals surface area contributed by atoms with Crippen molar-refractivity contribution in [2.45, 2.75) is 6.54 Å². The Morgan fingerprint density at radius 3 is 3.14 bits per heavy atom. The Balaban J connectivity index is 2.73. The lowest BCUT2D eigenvalue weighted by molar-refractivity contribution is 0.111. The van der Waals surface area contributed by atoms with Gasteiger partial charge in [0.15, 0.2) is 6.29 Å². The van der Waals surface area contributed by atoms with Crippen molar-refractivity contribution in [3.63, 3.8) is 0 Å². The first-order chi connectivity index (χ1) is 6.86. The normalized spacial score (nSPS) is 10.3. The molecule has 0 fully saturated rings. The van der Waals surface area contributed by atoms with Gasteiger partial charge in [-0.05, 0) is 18.2 Å². The van der Waals surface area contributed by atoms with E-state index in [-0.39, 0.29) is 0 Å². The van der Waals surface area contributed by atoms with E-state index in [1.165, 1.54) is 0 Å². The molecule has 0 aromatic carbocycles. The smallest absolute Gasteiger partial charge is 0.166 e. The Morgan fingerprint density at radius 2 is 2.43 bits per heavy atom. The average molecular weight is 186 g/mol. The van der Waals surface area contributed by atoms with E-state index < -0.39 is 0 Å². The van der Waals surface area contributed by atoms with Crippen LogP contribution in [0.3, 0.4) is 0 Å². The fraction of sp³-hybridized carbons (Fsp3) is 0.0909. The third kappa shape index (κ3) is 1.23. The molecule has 3 heteroatoms. The lowest BCUT2D eigenvalue weighted by Crippen LogP contribution is -2.00. The van der Waals surface area contributed by atoms with Crippen molar-refractivity contribution >= 4 is 17.3 Å². The van der Waals surface area contributed by atoms with Crippen LogP contribution in [0.15, 0.2) is 37.1 Å². The summed E-state index contributed by atoms with van der Waals surface area (Å²) in [5.74, 6) is 0. The van der Waals surface area contributed by atoms with Crippen LogP contribution in [0.2, 0.25) is 0 Å². The summed E-state index contributed by atoms with van der Waals surface area (Å²) in [5, 5.41) is 0.983. The molecule has 0 N–H and O–H groups in total. The summed E-state index contributed by atoms with van der Waals surface area (Å²) < 4.78 is 1.84. The Kier molecular flexibility index (Phi) is 2.14. The number of hydrogen-bond acceptors (Lipinski definition) is 2. The predicted molar refractivity (Wildman–Crippen MR) is 55.3 cm³/mol. The predicted octanol–water partition coefficient (Wildman–Crippen LogP) is 2.03. The number of nitrogens with zero attached hydrogens (tertiary/aromatic N) is 2. The second kappa shape index (κ2) is 3.46. The van der Waals surface area contributed by atoms with Crippen LogP contribution in [0.25, 0.3) is 11.0 Å². The number of aromatic nitrogens is 2. The topological polar surface area (TPSA) is 34.9 Å². The molecule has 0 bridgehead atoms. The van der Waals surface area contributed by atoms with Crippen molar-refractivity contribution in [3.05, 3.63) is 42.7 Å². The number of carbonyl (C=O) groups excluding carboxylic acids is 1. The molecule has 3 nitrogen and oxygen atoms in total. The Bertz CT molecular complexity index is 485. The van der Waals surface area contributed by atoms with Gasteiger partial charge in [0.25, 0.3) is 0 Å². The zero-order valence-electron chi connectivity index (χ0n) is 7.68. The Hall–Kier alpha value is -1.90.